The van der Waals surface area contributed by atoms with Crippen LogP contribution in [0.15, 0.2) is 0 Å². The van der Waals surface area contributed by atoms with Crippen LogP contribution in [0.4, 0.5) is 0 Å². The van der Waals surface area contributed by atoms with Crippen molar-refractivity contribution in [2.75, 3.05) is 6.61 Å². The molecule has 120 valence electrons. The summed E-state index contributed by atoms with van der Waals surface area (Å²) in [5.41, 5.74) is 0. The predicted molar refractivity (Wildman–Crippen MR) is 86.9 cm³/mol. The quantitative estimate of drug-likeness (QED) is 0.261. The van der Waals surface area contributed by atoms with E-state index in [0.29, 0.717) is 13.1 Å². The lowest BCUT2D eigenvalue weighted by atomic mass is 10.0. The Bertz CT molecular complexity index is 190. The summed E-state index contributed by atoms with van der Waals surface area (Å²) >= 11 is 0. The summed E-state index contributed by atoms with van der Waals surface area (Å²) < 4.78 is 4.67. The zero-order valence-corrected chi connectivity index (χ0v) is 13.9. The van der Waals surface area contributed by atoms with E-state index in [1.165, 1.54) is 77.0 Å². The van der Waals surface area contributed by atoms with E-state index in [1.807, 2.05) is 0 Å². The Kier molecular flexibility index (Phi) is 16.1. The van der Waals surface area contributed by atoms with Crippen LogP contribution in [0.25, 0.3) is 0 Å². The van der Waals surface area contributed by atoms with Crippen molar-refractivity contribution >= 4 is 6.47 Å². The minimum atomic E-state index is 0.544. The first-order valence-corrected chi connectivity index (χ1v) is 8.82. The molecule has 0 aromatic rings. The van der Waals surface area contributed by atoms with Crippen LogP contribution < -0.4 is 0 Å². The minimum Gasteiger partial charge on any atom is -0.468 e. The third kappa shape index (κ3) is 17.5. The maximum absolute atomic E-state index is 9.93. The second-order valence-electron chi connectivity index (χ2n) is 6.39. The lowest BCUT2D eigenvalue weighted by molar-refractivity contribution is -0.128. The number of rotatable bonds is 16. The molecule has 0 spiro atoms. The molecule has 0 aromatic heterocycles. The van der Waals surface area contributed by atoms with Crippen molar-refractivity contribution in [3.8, 4) is 0 Å². The molecule has 2 heteroatoms. The average molecular weight is 284 g/mol. The maximum Gasteiger partial charge on any atom is 0.293 e. The van der Waals surface area contributed by atoms with Crippen molar-refractivity contribution < 1.29 is 9.53 Å². The van der Waals surface area contributed by atoms with E-state index in [2.05, 4.69) is 18.6 Å². The molecule has 0 saturated carbocycles. The predicted octanol–water partition coefficient (Wildman–Crippen LogP) is 5.89. The van der Waals surface area contributed by atoms with Crippen molar-refractivity contribution in [3.05, 3.63) is 0 Å². The molecule has 0 N–H and O–H groups in total. The van der Waals surface area contributed by atoms with E-state index in [0.717, 1.165) is 12.3 Å². The van der Waals surface area contributed by atoms with Gasteiger partial charge in [0.2, 0.25) is 0 Å². The lowest BCUT2D eigenvalue weighted by Crippen LogP contribution is -1.91. The summed E-state index contributed by atoms with van der Waals surface area (Å²) in [6.07, 6.45) is 17.6. The van der Waals surface area contributed by atoms with Crippen LogP contribution in [0.3, 0.4) is 0 Å². The molecule has 0 atom stereocenters. The Morgan fingerprint density at radius 1 is 0.700 bits per heavy atom. The second kappa shape index (κ2) is 16.5. The van der Waals surface area contributed by atoms with Crippen molar-refractivity contribution in [1.82, 2.24) is 0 Å². The Hall–Kier alpha value is -0.530. The number of unbranched alkanes of at least 4 members (excludes halogenated alkanes) is 11. The van der Waals surface area contributed by atoms with Gasteiger partial charge in [-0.1, -0.05) is 90.9 Å². The van der Waals surface area contributed by atoms with Gasteiger partial charge in [-0.25, -0.2) is 0 Å². The van der Waals surface area contributed by atoms with Gasteiger partial charge in [0.05, 0.1) is 6.61 Å². The van der Waals surface area contributed by atoms with Crippen LogP contribution in [-0.2, 0) is 9.53 Å². The largest absolute Gasteiger partial charge is 0.468 e. The zero-order valence-electron chi connectivity index (χ0n) is 13.9. The van der Waals surface area contributed by atoms with Gasteiger partial charge < -0.3 is 4.74 Å². The molecule has 2 nitrogen and oxygen atoms in total. The molecule has 0 fully saturated rings. The van der Waals surface area contributed by atoms with Crippen molar-refractivity contribution in [2.24, 2.45) is 5.92 Å². The lowest BCUT2D eigenvalue weighted by Gasteiger charge is -2.04. The van der Waals surface area contributed by atoms with Gasteiger partial charge in [-0.05, 0) is 12.3 Å². The van der Waals surface area contributed by atoms with Crippen molar-refractivity contribution in [3.63, 3.8) is 0 Å². The topological polar surface area (TPSA) is 26.3 Å². The van der Waals surface area contributed by atoms with E-state index in [1.54, 1.807) is 0 Å². The van der Waals surface area contributed by atoms with Crippen LogP contribution in [0.1, 0.15) is 97.3 Å². The van der Waals surface area contributed by atoms with Gasteiger partial charge >= 0.3 is 0 Å². The Labute approximate surface area is 126 Å². The van der Waals surface area contributed by atoms with Gasteiger partial charge in [0.25, 0.3) is 6.47 Å². The fraction of sp³-hybridized carbons (Fsp3) is 0.944. The van der Waals surface area contributed by atoms with Crippen LogP contribution in [0.5, 0.6) is 0 Å². The monoisotopic (exact) mass is 284 g/mol. The normalized spacial score (nSPS) is 10.9. The highest BCUT2D eigenvalue weighted by Gasteiger charge is 1.95. The SMILES string of the molecule is CC(C)CCCCCCCCCCCCCCOC=O. The molecule has 0 amide bonds. The van der Waals surface area contributed by atoms with E-state index in [9.17, 15) is 4.79 Å². The zero-order chi connectivity index (χ0) is 14.9. The minimum absolute atomic E-state index is 0.544. The van der Waals surface area contributed by atoms with E-state index < -0.39 is 0 Å². The Morgan fingerprint density at radius 3 is 1.50 bits per heavy atom. The van der Waals surface area contributed by atoms with Crippen LogP contribution >= 0.6 is 0 Å². The fourth-order valence-electron chi connectivity index (χ4n) is 2.55. The van der Waals surface area contributed by atoms with Crippen LogP contribution in [0, 0.1) is 5.92 Å². The van der Waals surface area contributed by atoms with Crippen molar-refractivity contribution in [1.29, 1.82) is 0 Å². The fourth-order valence-corrected chi connectivity index (χ4v) is 2.55. The molecule has 20 heavy (non-hydrogen) atoms. The third-order valence-electron chi connectivity index (χ3n) is 3.86. The number of hydrogen-bond acceptors (Lipinski definition) is 2. The molecule has 0 rings (SSSR count). The highest BCUT2D eigenvalue weighted by atomic mass is 16.5. The summed E-state index contributed by atoms with van der Waals surface area (Å²) in [4.78, 5) is 9.93. The third-order valence-corrected chi connectivity index (χ3v) is 3.86. The molecule has 0 aliphatic carbocycles. The molecule has 0 radical (unpaired) electrons. The first-order chi connectivity index (χ1) is 9.77. The highest BCUT2D eigenvalue weighted by molar-refractivity contribution is 5.36. The molecular formula is C18H36O2. The standard InChI is InChI=1S/C18H36O2/c1-18(2)15-13-11-9-7-5-3-4-6-8-10-12-14-16-20-17-19/h17-18H,3-16H2,1-2H3. The highest BCUT2D eigenvalue weighted by Crippen LogP contribution is 2.13. The average Bonchev–Trinajstić information content (AvgIpc) is 2.43. The summed E-state index contributed by atoms with van der Waals surface area (Å²) in [7, 11) is 0. The molecule has 0 unspecified atom stereocenters. The summed E-state index contributed by atoms with van der Waals surface area (Å²) in [5, 5.41) is 0. The van der Waals surface area contributed by atoms with Gasteiger partial charge in [0, 0.05) is 0 Å². The van der Waals surface area contributed by atoms with E-state index in [-0.39, 0.29) is 0 Å². The van der Waals surface area contributed by atoms with Gasteiger partial charge in [0.1, 0.15) is 0 Å². The van der Waals surface area contributed by atoms with Gasteiger partial charge in [0.15, 0.2) is 0 Å². The van der Waals surface area contributed by atoms with Crippen molar-refractivity contribution in [2.45, 2.75) is 97.3 Å². The van der Waals surface area contributed by atoms with Gasteiger partial charge in [-0.3, -0.25) is 4.79 Å². The van der Waals surface area contributed by atoms with E-state index >= 15 is 0 Å². The van der Waals surface area contributed by atoms with Gasteiger partial charge in [-0.2, -0.15) is 0 Å². The smallest absolute Gasteiger partial charge is 0.293 e. The molecule has 0 heterocycles. The summed E-state index contributed by atoms with van der Waals surface area (Å²) in [6.45, 7) is 5.77. The molecule has 0 aliphatic heterocycles. The van der Waals surface area contributed by atoms with Crippen LogP contribution in [-0.4, -0.2) is 13.1 Å². The number of carbonyl (C=O) groups excluding carboxylic acids is 1. The summed E-state index contributed by atoms with van der Waals surface area (Å²) in [5.74, 6) is 0.875. The Balaban J connectivity index is 2.94. The molecular weight excluding hydrogens is 248 g/mol. The first-order valence-electron chi connectivity index (χ1n) is 8.82. The molecule has 0 aliphatic rings. The number of ether oxygens (including phenoxy) is 1. The molecule has 0 bridgehead atoms. The number of carbonyl (C=O) groups is 1. The van der Waals surface area contributed by atoms with Crippen LogP contribution in [0.2, 0.25) is 0 Å². The summed E-state index contributed by atoms with van der Waals surface area (Å²) in [6, 6.07) is 0. The number of hydrogen-bond donors (Lipinski definition) is 0. The van der Waals surface area contributed by atoms with Gasteiger partial charge in [-0.15, -0.1) is 0 Å². The molecule has 0 saturated heterocycles. The second-order valence-corrected chi connectivity index (χ2v) is 6.39. The molecule has 0 aromatic carbocycles. The first kappa shape index (κ1) is 19.5. The van der Waals surface area contributed by atoms with E-state index in [4.69, 9.17) is 0 Å². The maximum atomic E-state index is 9.93. The Morgan fingerprint density at radius 2 is 1.10 bits per heavy atom.